The maximum Gasteiger partial charge on any atom is 0.292 e. The van der Waals surface area contributed by atoms with Crippen LogP contribution in [0.5, 0.6) is 0 Å². The van der Waals surface area contributed by atoms with Crippen molar-refractivity contribution >= 4 is 17.3 Å². The van der Waals surface area contributed by atoms with Crippen molar-refractivity contribution < 1.29 is 9.72 Å². The zero-order valence-electron chi connectivity index (χ0n) is 11.7. The van der Waals surface area contributed by atoms with Crippen LogP contribution in [-0.2, 0) is 0 Å². The third-order valence-corrected chi connectivity index (χ3v) is 4.13. The van der Waals surface area contributed by atoms with Gasteiger partial charge < -0.3 is 10.6 Å². The average molecular weight is 277 g/mol. The van der Waals surface area contributed by atoms with E-state index in [0.717, 1.165) is 6.42 Å². The van der Waals surface area contributed by atoms with E-state index in [4.69, 9.17) is 5.73 Å². The van der Waals surface area contributed by atoms with Crippen molar-refractivity contribution in [1.29, 1.82) is 0 Å². The van der Waals surface area contributed by atoms with Crippen molar-refractivity contribution in [3.63, 3.8) is 0 Å². The van der Waals surface area contributed by atoms with Crippen LogP contribution in [0.3, 0.4) is 0 Å². The van der Waals surface area contributed by atoms with Gasteiger partial charge in [-0.2, -0.15) is 0 Å². The third-order valence-electron chi connectivity index (χ3n) is 4.13. The van der Waals surface area contributed by atoms with Gasteiger partial charge in [0, 0.05) is 19.2 Å². The molecule has 1 amide bonds. The number of para-hydroxylation sites is 1. The van der Waals surface area contributed by atoms with E-state index >= 15 is 0 Å². The number of likely N-dealkylation sites (tertiary alicyclic amines) is 1. The second-order valence-electron chi connectivity index (χ2n) is 5.49. The summed E-state index contributed by atoms with van der Waals surface area (Å²) in [6, 6.07) is 4.36. The standard InChI is InChI=1S/C14H19N3O3/c1-9-6-7-16(8-10(9)2)14(18)11-4-3-5-12(13(11)15)17(19)20/h3-5,9-10H,6-8,15H2,1-2H3. The Hall–Kier alpha value is -2.11. The molecule has 1 heterocycles. The van der Waals surface area contributed by atoms with Gasteiger partial charge in [0.1, 0.15) is 5.69 Å². The molecule has 1 aliphatic heterocycles. The molecule has 0 spiro atoms. The summed E-state index contributed by atoms with van der Waals surface area (Å²) in [5.74, 6) is 0.791. The molecule has 0 bridgehead atoms. The van der Waals surface area contributed by atoms with Gasteiger partial charge in [0.25, 0.3) is 11.6 Å². The van der Waals surface area contributed by atoms with E-state index < -0.39 is 4.92 Å². The first kappa shape index (κ1) is 14.3. The number of carbonyl (C=O) groups excluding carboxylic acids is 1. The molecule has 6 heteroatoms. The number of nitrogens with zero attached hydrogens (tertiary/aromatic N) is 2. The fourth-order valence-electron chi connectivity index (χ4n) is 2.52. The average Bonchev–Trinajstić information content (AvgIpc) is 2.41. The third kappa shape index (κ3) is 2.59. The molecule has 0 saturated carbocycles. The number of nitro benzene ring substituents is 1. The van der Waals surface area contributed by atoms with Gasteiger partial charge in [-0.25, -0.2) is 0 Å². The number of nitro groups is 1. The number of hydrogen-bond acceptors (Lipinski definition) is 4. The molecular weight excluding hydrogens is 258 g/mol. The van der Waals surface area contributed by atoms with E-state index in [0.29, 0.717) is 24.9 Å². The Morgan fingerprint density at radius 3 is 2.70 bits per heavy atom. The smallest absolute Gasteiger partial charge is 0.292 e. The van der Waals surface area contributed by atoms with Crippen molar-refractivity contribution in [2.75, 3.05) is 18.8 Å². The quantitative estimate of drug-likeness (QED) is 0.510. The molecule has 1 aromatic rings. The molecule has 1 aliphatic rings. The highest BCUT2D eigenvalue weighted by atomic mass is 16.6. The van der Waals surface area contributed by atoms with Crippen LogP contribution in [-0.4, -0.2) is 28.8 Å². The van der Waals surface area contributed by atoms with Gasteiger partial charge in [0.2, 0.25) is 0 Å². The first-order valence-electron chi connectivity index (χ1n) is 6.74. The topological polar surface area (TPSA) is 89.5 Å². The SMILES string of the molecule is CC1CCN(C(=O)c2cccc([N+](=O)[O-])c2N)CC1C. The van der Waals surface area contributed by atoms with Crippen LogP contribution in [0.2, 0.25) is 0 Å². The van der Waals surface area contributed by atoms with E-state index in [-0.39, 0.29) is 22.8 Å². The fraction of sp³-hybridized carbons (Fsp3) is 0.500. The zero-order valence-corrected chi connectivity index (χ0v) is 11.7. The molecular formula is C14H19N3O3. The van der Waals surface area contributed by atoms with Gasteiger partial charge in [-0.05, 0) is 24.3 Å². The minimum Gasteiger partial charge on any atom is -0.393 e. The van der Waals surface area contributed by atoms with Crippen LogP contribution >= 0.6 is 0 Å². The number of carbonyl (C=O) groups is 1. The molecule has 1 saturated heterocycles. The second-order valence-corrected chi connectivity index (χ2v) is 5.49. The molecule has 2 rings (SSSR count). The van der Waals surface area contributed by atoms with Crippen molar-refractivity contribution in [3.8, 4) is 0 Å². The summed E-state index contributed by atoms with van der Waals surface area (Å²) in [5.41, 5.74) is 5.73. The lowest BCUT2D eigenvalue weighted by atomic mass is 9.88. The Bertz CT molecular complexity index is 544. The van der Waals surface area contributed by atoms with Crippen molar-refractivity contribution in [1.82, 2.24) is 4.90 Å². The van der Waals surface area contributed by atoms with Gasteiger partial charge in [-0.1, -0.05) is 19.9 Å². The molecule has 108 valence electrons. The minimum absolute atomic E-state index is 0.0474. The van der Waals surface area contributed by atoms with Crippen LogP contribution < -0.4 is 5.73 Å². The molecule has 0 radical (unpaired) electrons. The highest BCUT2D eigenvalue weighted by Gasteiger charge is 2.28. The number of nitrogen functional groups attached to an aromatic ring is 1. The number of nitrogens with two attached hydrogens (primary N) is 1. The Labute approximate surface area is 117 Å². The molecule has 0 aromatic heterocycles. The number of piperidine rings is 1. The lowest BCUT2D eigenvalue weighted by Crippen LogP contribution is -2.42. The summed E-state index contributed by atoms with van der Waals surface area (Å²) in [7, 11) is 0. The fourth-order valence-corrected chi connectivity index (χ4v) is 2.52. The molecule has 0 aliphatic carbocycles. The Morgan fingerprint density at radius 2 is 2.10 bits per heavy atom. The van der Waals surface area contributed by atoms with Gasteiger partial charge in [-0.15, -0.1) is 0 Å². The van der Waals surface area contributed by atoms with Crippen molar-refractivity contribution in [2.24, 2.45) is 11.8 Å². The maximum absolute atomic E-state index is 12.5. The summed E-state index contributed by atoms with van der Waals surface area (Å²) < 4.78 is 0. The zero-order chi connectivity index (χ0) is 14.9. The van der Waals surface area contributed by atoms with Gasteiger partial charge in [-0.3, -0.25) is 14.9 Å². The van der Waals surface area contributed by atoms with Crippen molar-refractivity contribution in [3.05, 3.63) is 33.9 Å². The molecule has 2 N–H and O–H groups in total. The Morgan fingerprint density at radius 1 is 1.40 bits per heavy atom. The lowest BCUT2D eigenvalue weighted by Gasteiger charge is -2.35. The highest BCUT2D eigenvalue weighted by Crippen LogP contribution is 2.28. The predicted octanol–water partition coefficient (Wildman–Crippen LogP) is 2.30. The summed E-state index contributed by atoms with van der Waals surface area (Å²) in [6.45, 7) is 5.63. The van der Waals surface area contributed by atoms with E-state index in [1.165, 1.54) is 12.1 Å². The molecule has 6 nitrogen and oxygen atoms in total. The van der Waals surface area contributed by atoms with Gasteiger partial charge in [0.15, 0.2) is 0 Å². The first-order valence-corrected chi connectivity index (χ1v) is 6.74. The highest BCUT2D eigenvalue weighted by molar-refractivity contribution is 6.01. The van der Waals surface area contributed by atoms with Gasteiger partial charge >= 0.3 is 0 Å². The normalized spacial score (nSPS) is 22.6. The summed E-state index contributed by atoms with van der Waals surface area (Å²) in [4.78, 5) is 24.5. The molecule has 1 aromatic carbocycles. The van der Waals surface area contributed by atoms with Crippen LogP contribution in [0.4, 0.5) is 11.4 Å². The first-order chi connectivity index (χ1) is 9.41. The molecule has 2 atom stereocenters. The van der Waals surface area contributed by atoms with E-state index in [1.54, 1.807) is 11.0 Å². The summed E-state index contributed by atoms with van der Waals surface area (Å²) in [6.07, 6.45) is 0.946. The Balaban J connectivity index is 2.26. The summed E-state index contributed by atoms with van der Waals surface area (Å²) in [5, 5.41) is 10.9. The number of rotatable bonds is 2. The number of benzene rings is 1. The van der Waals surface area contributed by atoms with E-state index in [1.807, 2.05) is 0 Å². The number of amides is 1. The monoisotopic (exact) mass is 277 g/mol. The molecule has 2 unspecified atom stereocenters. The van der Waals surface area contributed by atoms with Crippen LogP contribution in [0.15, 0.2) is 18.2 Å². The number of hydrogen-bond donors (Lipinski definition) is 1. The molecule has 1 fully saturated rings. The number of anilines is 1. The van der Waals surface area contributed by atoms with Gasteiger partial charge in [0.05, 0.1) is 10.5 Å². The second kappa shape index (κ2) is 5.48. The van der Waals surface area contributed by atoms with E-state index in [9.17, 15) is 14.9 Å². The lowest BCUT2D eigenvalue weighted by molar-refractivity contribution is -0.383. The maximum atomic E-state index is 12.5. The van der Waals surface area contributed by atoms with Crippen molar-refractivity contribution in [2.45, 2.75) is 20.3 Å². The van der Waals surface area contributed by atoms with E-state index in [2.05, 4.69) is 13.8 Å². The minimum atomic E-state index is -0.562. The Kier molecular flexibility index (Phi) is 3.92. The van der Waals surface area contributed by atoms with Crippen LogP contribution in [0.1, 0.15) is 30.6 Å². The molecule has 20 heavy (non-hydrogen) atoms. The van der Waals surface area contributed by atoms with Crippen LogP contribution in [0.25, 0.3) is 0 Å². The van der Waals surface area contributed by atoms with Crippen LogP contribution in [0, 0.1) is 22.0 Å². The summed E-state index contributed by atoms with van der Waals surface area (Å²) >= 11 is 0. The predicted molar refractivity (Wildman–Crippen MR) is 76.4 cm³/mol. The largest absolute Gasteiger partial charge is 0.393 e.